The van der Waals surface area contributed by atoms with Gasteiger partial charge in [-0.05, 0) is 19.1 Å². The van der Waals surface area contributed by atoms with Crippen LogP contribution in [0.3, 0.4) is 0 Å². The van der Waals surface area contributed by atoms with Crippen LogP contribution in [0.5, 0.6) is 0 Å². The van der Waals surface area contributed by atoms with Crippen LogP contribution in [-0.2, 0) is 19.6 Å². The van der Waals surface area contributed by atoms with Gasteiger partial charge in [0.15, 0.2) is 5.78 Å². The Morgan fingerprint density at radius 1 is 1.11 bits per heavy atom. The molecule has 0 amide bonds. The molecule has 0 saturated carbocycles. The first-order valence-electron chi connectivity index (χ1n) is 8.26. The van der Waals surface area contributed by atoms with Gasteiger partial charge in [-0.3, -0.25) is 19.7 Å². The van der Waals surface area contributed by atoms with E-state index in [2.05, 4.69) is 4.72 Å². The number of Topliss-reactive ketones (excluding diaryl/α,β-unsaturated/α-hetero) is 1. The van der Waals surface area contributed by atoms with Gasteiger partial charge in [-0.25, -0.2) is 8.42 Å². The third-order valence-corrected chi connectivity index (χ3v) is 5.20. The number of ketones is 1. The van der Waals surface area contributed by atoms with Crippen molar-refractivity contribution < 1.29 is 27.7 Å². The molecule has 0 saturated heterocycles. The Kier molecular flexibility index (Phi) is 6.96. The molecule has 28 heavy (non-hydrogen) atoms. The van der Waals surface area contributed by atoms with Crippen LogP contribution >= 0.6 is 0 Å². The number of nitrogens with one attached hydrogen (secondary N) is 1. The number of ether oxygens (including phenoxy) is 1. The molecule has 9 nitrogen and oxygen atoms in total. The molecule has 0 heterocycles. The Bertz CT molecular complexity index is 957. The smallest absolute Gasteiger partial charge is 0.324 e. The van der Waals surface area contributed by atoms with Gasteiger partial charge >= 0.3 is 5.97 Å². The number of sulfonamides is 1. The lowest BCUT2D eigenvalue weighted by Crippen LogP contribution is -2.43. The van der Waals surface area contributed by atoms with Crippen molar-refractivity contribution in [2.45, 2.75) is 24.3 Å². The lowest BCUT2D eigenvalue weighted by molar-refractivity contribution is -0.384. The zero-order valence-corrected chi connectivity index (χ0v) is 15.7. The molecule has 2 aromatic rings. The van der Waals surface area contributed by atoms with Gasteiger partial charge in [-0.1, -0.05) is 30.3 Å². The number of esters is 1. The number of carbonyl (C=O) groups excluding carboxylic acids is 2. The molecule has 0 radical (unpaired) electrons. The lowest BCUT2D eigenvalue weighted by Gasteiger charge is -2.17. The van der Waals surface area contributed by atoms with Crippen molar-refractivity contribution in [1.82, 2.24) is 4.72 Å². The SMILES string of the molecule is CCOC(=O)[C@H](CC(=O)c1ccccc1)NS(=O)(=O)c1ccc([N+](=O)[O-])cc1. The van der Waals surface area contributed by atoms with Crippen molar-refractivity contribution in [3.63, 3.8) is 0 Å². The highest BCUT2D eigenvalue weighted by Crippen LogP contribution is 2.17. The summed E-state index contributed by atoms with van der Waals surface area (Å²) in [6.45, 7) is 1.56. The molecule has 148 valence electrons. The number of benzene rings is 2. The maximum atomic E-state index is 12.6. The summed E-state index contributed by atoms with van der Waals surface area (Å²) in [5, 5.41) is 10.7. The Balaban J connectivity index is 2.24. The van der Waals surface area contributed by atoms with Gasteiger partial charge < -0.3 is 4.74 Å². The Hall–Kier alpha value is -3.11. The van der Waals surface area contributed by atoms with Crippen LogP contribution in [-0.4, -0.2) is 37.7 Å². The molecule has 0 fully saturated rings. The molecule has 0 aromatic heterocycles. The number of nitro benzene ring substituents is 1. The molecule has 1 atom stereocenters. The standard InChI is InChI=1S/C18H18N2O7S/c1-2-27-18(22)16(12-17(21)13-6-4-3-5-7-13)19-28(25,26)15-10-8-14(9-11-15)20(23)24/h3-11,16,19H,2,12H2,1H3/t16-/m0/s1. The molecule has 2 rings (SSSR count). The fraction of sp³-hybridized carbons (Fsp3) is 0.222. The van der Waals surface area contributed by atoms with Crippen molar-refractivity contribution in [1.29, 1.82) is 0 Å². The average molecular weight is 406 g/mol. The molecule has 0 spiro atoms. The first-order valence-corrected chi connectivity index (χ1v) is 9.74. The van der Waals surface area contributed by atoms with Crippen molar-refractivity contribution in [2.24, 2.45) is 0 Å². The van der Waals surface area contributed by atoms with Gasteiger partial charge in [0, 0.05) is 24.1 Å². The zero-order valence-electron chi connectivity index (χ0n) is 14.9. The highest BCUT2D eigenvalue weighted by Gasteiger charge is 2.29. The number of nitro groups is 1. The zero-order chi connectivity index (χ0) is 20.7. The van der Waals surface area contributed by atoms with E-state index in [1.54, 1.807) is 37.3 Å². The van der Waals surface area contributed by atoms with Gasteiger partial charge in [-0.15, -0.1) is 0 Å². The third kappa shape index (κ3) is 5.44. The Labute approximate surface area is 161 Å². The minimum Gasteiger partial charge on any atom is -0.465 e. The summed E-state index contributed by atoms with van der Waals surface area (Å²) in [4.78, 5) is 34.3. The predicted molar refractivity (Wildman–Crippen MR) is 99.2 cm³/mol. The maximum Gasteiger partial charge on any atom is 0.324 e. The lowest BCUT2D eigenvalue weighted by atomic mass is 10.0. The van der Waals surface area contributed by atoms with E-state index >= 15 is 0 Å². The van der Waals surface area contributed by atoms with Gasteiger partial charge in [0.25, 0.3) is 5.69 Å². The molecule has 1 N–H and O–H groups in total. The minimum atomic E-state index is -4.22. The third-order valence-electron chi connectivity index (χ3n) is 3.71. The van der Waals surface area contributed by atoms with Gasteiger partial charge in [0.1, 0.15) is 6.04 Å². The Morgan fingerprint density at radius 3 is 2.25 bits per heavy atom. The van der Waals surface area contributed by atoms with E-state index in [-0.39, 0.29) is 17.2 Å². The molecule has 0 bridgehead atoms. The summed E-state index contributed by atoms with van der Waals surface area (Å²) in [6.07, 6.45) is -0.435. The molecular formula is C18H18N2O7S. The second-order valence-electron chi connectivity index (χ2n) is 5.67. The summed E-state index contributed by atoms with van der Waals surface area (Å²) < 4.78 is 32.1. The maximum absolute atomic E-state index is 12.6. The number of rotatable bonds is 9. The summed E-state index contributed by atoms with van der Waals surface area (Å²) in [5.41, 5.74) is 0.0477. The quantitative estimate of drug-likeness (QED) is 0.292. The van der Waals surface area contributed by atoms with Gasteiger partial charge in [0.05, 0.1) is 16.4 Å². The monoisotopic (exact) mass is 406 g/mol. The van der Waals surface area contributed by atoms with Crippen LogP contribution in [0.1, 0.15) is 23.7 Å². The summed E-state index contributed by atoms with van der Waals surface area (Å²) in [5.74, 6) is -1.33. The summed E-state index contributed by atoms with van der Waals surface area (Å²) in [7, 11) is -4.22. The predicted octanol–water partition coefficient (Wildman–Crippen LogP) is 2.08. The molecule has 0 aliphatic rings. The highest BCUT2D eigenvalue weighted by atomic mass is 32.2. The topological polar surface area (TPSA) is 133 Å². The van der Waals surface area contributed by atoms with Crippen LogP contribution in [0.15, 0.2) is 59.5 Å². The number of hydrogen-bond donors (Lipinski definition) is 1. The van der Waals surface area contributed by atoms with Crippen molar-refractivity contribution in [3.05, 3.63) is 70.3 Å². The van der Waals surface area contributed by atoms with E-state index in [1.807, 2.05) is 0 Å². The second kappa shape index (κ2) is 9.20. The van der Waals surface area contributed by atoms with Crippen molar-refractivity contribution in [2.75, 3.05) is 6.61 Å². The number of non-ortho nitro benzene ring substituents is 1. The molecule has 0 aliphatic heterocycles. The number of hydrogen-bond acceptors (Lipinski definition) is 7. The molecule has 0 unspecified atom stereocenters. The fourth-order valence-electron chi connectivity index (χ4n) is 2.35. The molecular weight excluding hydrogens is 388 g/mol. The number of carbonyl (C=O) groups is 2. The fourth-order valence-corrected chi connectivity index (χ4v) is 3.53. The van der Waals surface area contributed by atoms with E-state index < -0.39 is 39.2 Å². The van der Waals surface area contributed by atoms with Gasteiger partial charge in [0.2, 0.25) is 10.0 Å². The number of nitrogens with zero attached hydrogens (tertiary/aromatic N) is 1. The second-order valence-corrected chi connectivity index (χ2v) is 7.38. The van der Waals surface area contributed by atoms with Crippen LogP contribution in [0.4, 0.5) is 5.69 Å². The molecule has 2 aromatic carbocycles. The van der Waals surface area contributed by atoms with Crippen LogP contribution in [0.25, 0.3) is 0 Å². The van der Waals surface area contributed by atoms with E-state index in [0.29, 0.717) is 5.56 Å². The van der Waals surface area contributed by atoms with Crippen LogP contribution in [0.2, 0.25) is 0 Å². The summed E-state index contributed by atoms with van der Waals surface area (Å²) in [6, 6.07) is 10.8. The molecule has 10 heteroatoms. The highest BCUT2D eigenvalue weighted by molar-refractivity contribution is 7.89. The van der Waals surface area contributed by atoms with Crippen molar-refractivity contribution in [3.8, 4) is 0 Å². The van der Waals surface area contributed by atoms with Crippen LogP contribution < -0.4 is 4.72 Å². The van der Waals surface area contributed by atoms with E-state index in [4.69, 9.17) is 4.74 Å². The minimum absolute atomic E-state index is 0.00806. The average Bonchev–Trinajstić information content (AvgIpc) is 2.68. The van der Waals surface area contributed by atoms with Crippen molar-refractivity contribution >= 4 is 27.5 Å². The summed E-state index contributed by atoms with van der Waals surface area (Å²) >= 11 is 0. The largest absolute Gasteiger partial charge is 0.465 e. The molecule has 0 aliphatic carbocycles. The van der Waals surface area contributed by atoms with E-state index in [1.165, 1.54) is 0 Å². The van der Waals surface area contributed by atoms with Crippen LogP contribution in [0, 0.1) is 10.1 Å². The van der Waals surface area contributed by atoms with E-state index in [0.717, 1.165) is 24.3 Å². The normalized spacial score (nSPS) is 12.2. The first kappa shape index (κ1) is 21.2. The Morgan fingerprint density at radius 2 is 1.71 bits per heavy atom. The first-order chi connectivity index (χ1) is 13.2. The van der Waals surface area contributed by atoms with E-state index in [9.17, 15) is 28.1 Å². The van der Waals surface area contributed by atoms with Gasteiger partial charge in [-0.2, -0.15) is 4.72 Å².